The third kappa shape index (κ3) is 3.50. The van der Waals surface area contributed by atoms with Crippen molar-refractivity contribution in [1.29, 1.82) is 0 Å². The van der Waals surface area contributed by atoms with Crippen LogP contribution in [0.2, 0.25) is 10.0 Å². The van der Waals surface area contributed by atoms with Crippen LogP contribution in [-0.2, 0) is 22.1 Å². The van der Waals surface area contributed by atoms with Crippen molar-refractivity contribution < 1.29 is 13.2 Å². The summed E-state index contributed by atoms with van der Waals surface area (Å²) in [6.07, 6.45) is 0. The summed E-state index contributed by atoms with van der Waals surface area (Å²) in [6, 6.07) is 13.7. The quantitative estimate of drug-likeness (QED) is 0.630. The molecule has 3 aromatic rings. The lowest BCUT2D eigenvalue weighted by molar-refractivity contribution is 0.0955. The Morgan fingerprint density at radius 3 is 2.67 bits per heavy atom. The second-order valence-corrected chi connectivity index (χ2v) is 9.99. The van der Waals surface area contributed by atoms with Crippen LogP contribution >= 0.6 is 34.5 Å². The molecule has 138 valence electrons. The van der Waals surface area contributed by atoms with Gasteiger partial charge in [0.15, 0.2) is 9.84 Å². The van der Waals surface area contributed by atoms with Gasteiger partial charge in [0.1, 0.15) is 0 Å². The average Bonchev–Trinajstić information content (AvgIpc) is 3.04. The topological polar surface area (TPSA) is 63.2 Å². The number of benzene rings is 2. The summed E-state index contributed by atoms with van der Waals surface area (Å²) < 4.78 is 25.1. The monoisotopic (exact) mass is 437 g/mol. The van der Waals surface area contributed by atoms with Crippen molar-refractivity contribution in [3.05, 3.63) is 74.6 Å². The minimum absolute atomic E-state index is 0.135. The first-order valence-electron chi connectivity index (χ1n) is 8.02. The molecule has 0 aliphatic carbocycles. The van der Waals surface area contributed by atoms with Gasteiger partial charge in [-0.25, -0.2) is 8.42 Å². The first kappa shape index (κ1) is 18.5. The van der Waals surface area contributed by atoms with Crippen molar-refractivity contribution in [3.8, 4) is 10.4 Å². The fourth-order valence-electron chi connectivity index (χ4n) is 3.00. The molecule has 1 aromatic heterocycles. The van der Waals surface area contributed by atoms with Gasteiger partial charge in [0.05, 0.1) is 15.5 Å². The Balaban J connectivity index is 1.64. The zero-order valence-electron chi connectivity index (χ0n) is 13.8. The van der Waals surface area contributed by atoms with E-state index >= 15 is 0 Å². The van der Waals surface area contributed by atoms with E-state index in [1.807, 2.05) is 18.2 Å². The number of thiophene rings is 1. The number of rotatable bonds is 3. The Morgan fingerprint density at radius 2 is 1.89 bits per heavy atom. The van der Waals surface area contributed by atoms with Crippen LogP contribution in [0.1, 0.15) is 20.8 Å². The molecule has 0 radical (unpaired) electrons. The Kier molecular flexibility index (Phi) is 4.76. The van der Waals surface area contributed by atoms with Gasteiger partial charge in [0.25, 0.3) is 5.91 Å². The van der Waals surface area contributed by atoms with E-state index in [0.29, 0.717) is 32.6 Å². The standard InChI is InChI=1S/C19H13Cl2NO3S2/c20-13-5-6-14-17(8-13)27(24,25)10-12-7-16(26-18(12)14)19(23)22-9-11-3-1-2-4-15(11)21/h1-8H,9-10H2,(H,22,23). The second kappa shape index (κ2) is 6.95. The van der Waals surface area contributed by atoms with Crippen molar-refractivity contribution in [2.24, 2.45) is 0 Å². The van der Waals surface area contributed by atoms with Crippen LogP contribution in [0.15, 0.2) is 53.4 Å². The van der Waals surface area contributed by atoms with Crippen molar-refractivity contribution in [2.75, 3.05) is 0 Å². The lowest BCUT2D eigenvalue weighted by atomic mass is 10.1. The minimum Gasteiger partial charge on any atom is -0.347 e. The smallest absolute Gasteiger partial charge is 0.261 e. The molecule has 0 bridgehead atoms. The van der Waals surface area contributed by atoms with Gasteiger partial charge in [0.2, 0.25) is 0 Å². The van der Waals surface area contributed by atoms with Crippen molar-refractivity contribution in [3.63, 3.8) is 0 Å². The van der Waals surface area contributed by atoms with Gasteiger partial charge in [-0.15, -0.1) is 11.3 Å². The molecule has 1 aliphatic rings. The zero-order valence-corrected chi connectivity index (χ0v) is 17.0. The summed E-state index contributed by atoms with van der Waals surface area (Å²) in [6.45, 7) is 0.297. The number of carbonyl (C=O) groups excluding carboxylic acids is 1. The molecule has 1 aliphatic heterocycles. The van der Waals surface area contributed by atoms with Crippen molar-refractivity contribution in [1.82, 2.24) is 5.32 Å². The summed E-state index contributed by atoms with van der Waals surface area (Å²) in [7, 11) is -3.48. The summed E-state index contributed by atoms with van der Waals surface area (Å²) in [5.74, 6) is -0.397. The van der Waals surface area contributed by atoms with Gasteiger partial charge in [-0.3, -0.25) is 4.79 Å². The lowest BCUT2D eigenvalue weighted by Gasteiger charge is -2.16. The molecule has 27 heavy (non-hydrogen) atoms. The van der Waals surface area contributed by atoms with Gasteiger partial charge in [-0.1, -0.05) is 47.5 Å². The van der Waals surface area contributed by atoms with Crippen LogP contribution in [-0.4, -0.2) is 14.3 Å². The zero-order chi connectivity index (χ0) is 19.2. The largest absolute Gasteiger partial charge is 0.347 e. The maximum atomic E-state index is 12.6. The molecule has 4 rings (SSSR count). The fourth-order valence-corrected chi connectivity index (χ4v) is 6.34. The van der Waals surface area contributed by atoms with E-state index in [2.05, 4.69) is 5.32 Å². The maximum Gasteiger partial charge on any atom is 0.261 e. The van der Waals surface area contributed by atoms with Gasteiger partial charge < -0.3 is 5.32 Å². The van der Waals surface area contributed by atoms with Crippen molar-refractivity contribution >= 4 is 50.3 Å². The number of hydrogen-bond donors (Lipinski definition) is 1. The van der Waals surface area contributed by atoms with Crippen LogP contribution in [0.3, 0.4) is 0 Å². The summed E-state index contributed by atoms with van der Waals surface area (Å²) in [5, 5.41) is 3.79. The van der Waals surface area contributed by atoms with E-state index < -0.39 is 9.84 Å². The summed E-state index contributed by atoms with van der Waals surface area (Å²) in [4.78, 5) is 14.0. The predicted molar refractivity (Wildman–Crippen MR) is 108 cm³/mol. The number of hydrogen-bond acceptors (Lipinski definition) is 4. The number of fused-ring (bicyclic) bond motifs is 3. The van der Waals surface area contributed by atoms with E-state index in [-0.39, 0.29) is 16.6 Å². The molecule has 0 saturated heterocycles. The molecular formula is C19H13Cl2NO3S2. The number of nitrogens with one attached hydrogen (secondary N) is 1. The van der Waals surface area contributed by atoms with Crippen molar-refractivity contribution in [2.45, 2.75) is 17.2 Å². The highest BCUT2D eigenvalue weighted by molar-refractivity contribution is 7.91. The second-order valence-electron chi connectivity index (χ2n) is 6.14. The van der Waals surface area contributed by atoms with Crippen LogP contribution in [0.25, 0.3) is 10.4 Å². The molecule has 2 heterocycles. The maximum absolute atomic E-state index is 12.6. The summed E-state index contributed by atoms with van der Waals surface area (Å²) >= 11 is 13.4. The van der Waals surface area contributed by atoms with Crippen LogP contribution in [0.5, 0.6) is 0 Å². The molecule has 0 atom stereocenters. The first-order valence-corrected chi connectivity index (χ1v) is 11.2. The van der Waals surface area contributed by atoms with Crippen LogP contribution < -0.4 is 5.32 Å². The van der Waals surface area contributed by atoms with E-state index in [9.17, 15) is 13.2 Å². The molecule has 8 heteroatoms. The fraction of sp³-hybridized carbons (Fsp3) is 0.105. The van der Waals surface area contributed by atoms with E-state index in [1.54, 1.807) is 24.3 Å². The minimum atomic E-state index is -3.48. The Hall–Kier alpha value is -1.86. The van der Waals surface area contributed by atoms with Gasteiger partial charge in [0, 0.05) is 27.0 Å². The molecule has 2 aromatic carbocycles. The van der Waals surface area contributed by atoms with Gasteiger partial charge >= 0.3 is 0 Å². The normalized spacial score (nSPS) is 14.3. The summed E-state index contributed by atoms with van der Waals surface area (Å²) in [5.41, 5.74) is 2.05. The highest BCUT2D eigenvalue weighted by atomic mass is 35.5. The number of halogens is 2. The van der Waals surface area contributed by atoms with Crippen LogP contribution in [0.4, 0.5) is 0 Å². The predicted octanol–water partition coefficient (Wildman–Crippen LogP) is 4.94. The molecule has 0 saturated carbocycles. The average molecular weight is 438 g/mol. The van der Waals surface area contributed by atoms with Crippen LogP contribution in [0, 0.1) is 0 Å². The Morgan fingerprint density at radius 1 is 1.11 bits per heavy atom. The molecule has 4 nitrogen and oxygen atoms in total. The lowest BCUT2D eigenvalue weighted by Crippen LogP contribution is -2.21. The third-order valence-corrected chi connectivity index (χ3v) is 7.81. The van der Waals surface area contributed by atoms with E-state index in [4.69, 9.17) is 23.2 Å². The highest BCUT2D eigenvalue weighted by Gasteiger charge is 2.31. The van der Waals surface area contributed by atoms with E-state index in [0.717, 1.165) is 10.4 Å². The Labute approximate surface area is 170 Å². The molecule has 1 N–H and O–H groups in total. The van der Waals surface area contributed by atoms with Gasteiger partial charge in [-0.2, -0.15) is 0 Å². The third-order valence-electron chi connectivity index (χ3n) is 4.30. The molecular weight excluding hydrogens is 425 g/mol. The SMILES string of the molecule is O=C(NCc1ccccc1Cl)c1cc2c(s1)-c1ccc(Cl)cc1S(=O)(=O)C2. The molecule has 1 amide bonds. The molecule has 0 fully saturated rings. The molecule has 0 unspecified atom stereocenters. The Bertz CT molecular complexity index is 1170. The van der Waals surface area contributed by atoms with E-state index in [1.165, 1.54) is 17.4 Å². The molecule has 0 spiro atoms. The van der Waals surface area contributed by atoms with Gasteiger partial charge in [-0.05, 0) is 35.4 Å². The first-order chi connectivity index (χ1) is 12.8. The highest BCUT2D eigenvalue weighted by Crippen LogP contribution is 2.43. The number of carbonyl (C=O) groups is 1. The number of sulfone groups is 1. The number of amides is 1.